The fourth-order valence-corrected chi connectivity index (χ4v) is 9.56. The maximum absolute atomic E-state index is 14.7. The predicted octanol–water partition coefficient (Wildman–Crippen LogP) is 4.11. The average Bonchev–Trinajstić information content (AvgIpc) is 3.46. The molecular formula is C31H43N3O4S. The Morgan fingerprint density at radius 1 is 1.10 bits per heavy atom. The van der Waals surface area contributed by atoms with Gasteiger partial charge in [-0.3, -0.25) is 14.4 Å². The lowest BCUT2D eigenvalue weighted by Gasteiger charge is -2.38. The third-order valence-electron chi connectivity index (χ3n) is 8.90. The minimum absolute atomic E-state index is 0.0455. The van der Waals surface area contributed by atoms with Crippen LogP contribution in [0, 0.1) is 25.7 Å². The van der Waals surface area contributed by atoms with Gasteiger partial charge in [0, 0.05) is 43.7 Å². The number of fused-ring (bicyclic) bond motifs is 1. The van der Waals surface area contributed by atoms with E-state index in [0.717, 1.165) is 36.1 Å². The Bertz CT molecular complexity index is 1130. The molecule has 7 nitrogen and oxygen atoms in total. The molecule has 3 saturated heterocycles. The number of aryl methyl sites for hydroxylation is 2. The molecule has 0 aromatic heterocycles. The maximum Gasteiger partial charge on any atom is 0.251 e. The summed E-state index contributed by atoms with van der Waals surface area (Å²) in [6.45, 7) is 15.1. The summed E-state index contributed by atoms with van der Waals surface area (Å²) in [7, 11) is 1.76. The molecular weight excluding hydrogens is 510 g/mol. The van der Waals surface area contributed by atoms with Crippen molar-refractivity contribution in [3.05, 3.63) is 54.6 Å². The second kappa shape index (κ2) is 11.5. The van der Waals surface area contributed by atoms with E-state index >= 15 is 0 Å². The van der Waals surface area contributed by atoms with Gasteiger partial charge in [-0.15, -0.1) is 24.9 Å². The molecule has 3 amide bonds. The number of hydrogen-bond acceptors (Lipinski definition) is 5. The molecule has 4 rings (SSSR count). The highest BCUT2D eigenvalue weighted by molar-refractivity contribution is 8.02. The molecule has 8 heteroatoms. The highest BCUT2D eigenvalue weighted by atomic mass is 32.2. The number of amides is 3. The summed E-state index contributed by atoms with van der Waals surface area (Å²) >= 11 is 1.70. The van der Waals surface area contributed by atoms with Gasteiger partial charge in [0.1, 0.15) is 6.04 Å². The number of rotatable bonds is 12. The van der Waals surface area contributed by atoms with E-state index in [-0.39, 0.29) is 24.3 Å². The zero-order valence-corrected chi connectivity index (χ0v) is 24.6. The minimum atomic E-state index is -0.669. The van der Waals surface area contributed by atoms with Crippen molar-refractivity contribution < 1.29 is 19.5 Å². The van der Waals surface area contributed by atoms with Gasteiger partial charge >= 0.3 is 0 Å². The molecule has 1 aromatic carbocycles. The fourth-order valence-electron chi connectivity index (χ4n) is 7.21. The SMILES string of the molecule is C=CCN(C)C(=O)[C@@H]1[C@H]2C(=O)N(CCCCCO)C(C(=O)N(CC=C)c3c(C)cccc3C)C23CC[C@@]1(C)S3. The van der Waals surface area contributed by atoms with Gasteiger partial charge in [0.05, 0.1) is 16.6 Å². The van der Waals surface area contributed by atoms with E-state index in [1.54, 1.807) is 45.7 Å². The Morgan fingerprint density at radius 2 is 1.77 bits per heavy atom. The molecule has 5 atom stereocenters. The monoisotopic (exact) mass is 553 g/mol. The number of anilines is 1. The molecule has 2 bridgehead atoms. The van der Waals surface area contributed by atoms with Crippen molar-refractivity contribution in [1.82, 2.24) is 9.80 Å². The molecule has 39 heavy (non-hydrogen) atoms. The minimum Gasteiger partial charge on any atom is -0.396 e. The van der Waals surface area contributed by atoms with Gasteiger partial charge in [0.2, 0.25) is 11.8 Å². The van der Waals surface area contributed by atoms with E-state index in [1.807, 2.05) is 32.0 Å². The van der Waals surface area contributed by atoms with Crippen LogP contribution in [0.2, 0.25) is 0 Å². The highest BCUT2D eigenvalue weighted by Crippen LogP contribution is 2.71. The van der Waals surface area contributed by atoms with Gasteiger partial charge in [-0.05, 0) is 64.0 Å². The number of para-hydroxylation sites is 1. The number of likely N-dealkylation sites (N-methyl/N-ethyl adjacent to an activating group) is 1. The van der Waals surface area contributed by atoms with Crippen molar-refractivity contribution >= 4 is 35.2 Å². The lowest BCUT2D eigenvalue weighted by molar-refractivity contribution is -0.144. The molecule has 1 N–H and O–H groups in total. The first kappa shape index (κ1) is 29.4. The molecule has 3 aliphatic rings. The second-order valence-electron chi connectivity index (χ2n) is 11.5. The number of nitrogens with zero attached hydrogens (tertiary/aromatic N) is 3. The number of likely N-dealkylation sites (tertiary alicyclic amines) is 1. The smallest absolute Gasteiger partial charge is 0.251 e. The summed E-state index contributed by atoms with van der Waals surface area (Å²) in [4.78, 5) is 48.1. The van der Waals surface area contributed by atoms with Crippen LogP contribution in [-0.2, 0) is 14.4 Å². The Labute approximate surface area is 237 Å². The molecule has 212 valence electrons. The first-order valence-corrected chi connectivity index (χ1v) is 14.9. The molecule has 0 saturated carbocycles. The number of aliphatic hydroxyl groups is 1. The third-order valence-corrected chi connectivity index (χ3v) is 10.9. The van der Waals surface area contributed by atoms with Crippen LogP contribution >= 0.6 is 11.8 Å². The molecule has 3 heterocycles. The fraction of sp³-hybridized carbons (Fsp3) is 0.581. The molecule has 3 fully saturated rings. The number of carbonyl (C=O) groups excluding carboxylic acids is 3. The van der Waals surface area contributed by atoms with E-state index in [9.17, 15) is 19.5 Å². The largest absolute Gasteiger partial charge is 0.396 e. The van der Waals surface area contributed by atoms with Gasteiger partial charge in [0.15, 0.2) is 0 Å². The van der Waals surface area contributed by atoms with Crippen molar-refractivity contribution in [3.63, 3.8) is 0 Å². The number of unbranched alkanes of at least 4 members (excludes halogenated alkanes) is 2. The lowest BCUT2D eigenvalue weighted by Crippen LogP contribution is -2.55. The van der Waals surface area contributed by atoms with E-state index in [4.69, 9.17) is 0 Å². The normalized spacial score (nSPS) is 28.9. The van der Waals surface area contributed by atoms with Gasteiger partial charge in [-0.25, -0.2) is 0 Å². The quantitative estimate of drug-likeness (QED) is 0.311. The zero-order chi connectivity index (χ0) is 28.5. The zero-order valence-electron chi connectivity index (χ0n) is 23.8. The standard InChI is InChI=1S/C31H43N3O4S/c1-7-17-32(6)27(36)23-24-28(37)34(19-10-9-11-20-35)26(31(24)16-15-30(23,5)39-31)29(38)33(18-8-2)25-21(3)13-12-14-22(25)4/h7-8,12-14,23-24,26,35H,1-2,9-11,15-20H2,3-6H3/t23-,24-,26?,30+,31?/m0/s1. The molecule has 0 aliphatic carbocycles. The summed E-state index contributed by atoms with van der Waals surface area (Å²) in [5.74, 6) is -1.26. The van der Waals surface area contributed by atoms with Crippen LogP contribution in [0.4, 0.5) is 5.69 Å². The summed E-state index contributed by atoms with van der Waals surface area (Å²) < 4.78 is -1.07. The highest BCUT2D eigenvalue weighted by Gasteiger charge is 2.77. The lowest BCUT2D eigenvalue weighted by atomic mass is 9.66. The first-order chi connectivity index (χ1) is 18.6. The number of benzene rings is 1. The Hall–Kier alpha value is -2.58. The van der Waals surface area contributed by atoms with Gasteiger partial charge < -0.3 is 19.8 Å². The van der Waals surface area contributed by atoms with E-state index in [0.29, 0.717) is 32.5 Å². The summed E-state index contributed by atoms with van der Waals surface area (Å²) in [6, 6.07) is 5.31. The van der Waals surface area contributed by atoms with Crippen LogP contribution in [-0.4, -0.2) is 81.5 Å². The van der Waals surface area contributed by atoms with E-state index in [1.165, 1.54) is 0 Å². The van der Waals surface area contributed by atoms with Gasteiger partial charge in [0.25, 0.3) is 5.91 Å². The topological polar surface area (TPSA) is 81.2 Å². The molecule has 3 aliphatic heterocycles. The number of carbonyl (C=O) groups is 3. The second-order valence-corrected chi connectivity index (χ2v) is 13.4. The number of aliphatic hydroxyl groups excluding tert-OH is 1. The van der Waals surface area contributed by atoms with Crippen LogP contribution in [0.25, 0.3) is 0 Å². The van der Waals surface area contributed by atoms with E-state index in [2.05, 4.69) is 20.1 Å². The predicted molar refractivity (Wildman–Crippen MR) is 158 cm³/mol. The van der Waals surface area contributed by atoms with Crippen LogP contribution in [0.1, 0.15) is 50.2 Å². The van der Waals surface area contributed by atoms with Crippen LogP contribution in [0.5, 0.6) is 0 Å². The Kier molecular flexibility index (Phi) is 8.67. The Morgan fingerprint density at radius 3 is 2.38 bits per heavy atom. The third kappa shape index (κ3) is 4.84. The summed E-state index contributed by atoms with van der Waals surface area (Å²) in [6.07, 6.45) is 7.05. The number of hydrogen-bond donors (Lipinski definition) is 1. The van der Waals surface area contributed by atoms with Crippen LogP contribution in [0.15, 0.2) is 43.5 Å². The first-order valence-electron chi connectivity index (χ1n) is 14.0. The van der Waals surface area contributed by atoms with Crippen molar-refractivity contribution in [2.45, 2.75) is 68.4 Å². The van der Waals surface area contributed by atoms with Gasteiger partial charge in [-0.2, -0.15) is 0 Å². The molecule has 2 unspecified atom stereocenters. The molecule has 1 aromatic rings. The number of thioether (sulfide) groups is 1. The van der Waals surface area contributed by atoms with Crippen molar-refractivity contribution in [3.8, 4) is 0 Å². The van der Waals surface area contributed by atoms with Crippen molar-refractivity contribution in [1.29, 1.82) is 0 Å². The Balaban J connectivity index is 1.80. The molecule has 0 radical (unpaired) electrons. The van der Waals surface area contributed by atoms with Crippen LogP contribution in [0.3, 0.4) is 0 Å². The van der Waals surface area contributed by atoms with Crippen molar-refractivity contribution in [2.24, 2.45) is 11.8 Å². The van der Waals surface area contributed by atoms with Gasteiger partial charge in [-0.1, -0.05) is 30.4 Å². The average molecular weight is 554 g/mol. The summed E-state index contributed by atoms with van der Waals surface area (Å²) in [5.41, 5.74) is 2.84. The molecule has 1 spiro atoms. The van der Waals surface area contributed by atoms with Crippen molar-refractivity contribution in [2.75, 3.05) is 38.2 Å². The maximum atomic E-state index is 14.7. The van der Waals surface area contributed by atoms with E-state index < -0.39 is 27.4 Å². The van der Waals surface area contributed by atoms with Crippen LogP contribution < -0.4 is 4.90 Å². The summed E-state index contributed by atoms with van der Waals surface area (Å²) in [5, 5.41) is 9.29.